The zero-order chi connectivity index (χ0) is 19.7. The Morgan fingerprint density at radius 3 is 2.82 bits per heavy atom. The number of amides is 1. The zero-order valence-corrected chi connectivity index (χ0v) is 16.4. The summed E-state index contributed by atoms with van der Waals surface area (Å²) in [7, 11) is 1.85. The SMILES string of the molecule is Cn1c(SCC(=O)c2ccc3c(c2)NC(=O)CO3)nnc1-c1ccc(Cl)cc1. The van der Waals surface area contributed by atoms with E-state index < -0.39 is 0 Å². The van der Waals surface area contributed by atoms with Crippen molar-refractivity contribution in [1.29, 1.82) is 0 Å². The van der Waals surface area contributed by atoms with E-state index in [2.05, 4.69) is 15.5 Å². The van der Waals surface area contributed by atoms with E-state index in [0.29, 0.717) is 33.0 Å². The number of hydrogen-bond acceptors (Lipinski definition) is 6. The van der Waals surface area contributed by atoms with Crippen LogP contribution in [0.5, 0.6) is 5.75 Å². The van der Waals surface area contributed by atoms with Crippen LogP contribution >= 0.6 is 23.4 Å². The lowest BCUT2D eigenvalue weighted by Gasteiger charge is -2.18. The van der Waals surface area contributed by atoms with E-state index in [1.165, 1.54) is 11.8 Å². The maximum Gasteiger partial charge on any atom is 0.262 e. The summed E-state index contributed by atoms with van der Waals surface area (Å²) in [5.41, 5.74) is 1.90. The first kappa shape index (κ1) is 18.5. The van der Waals surface area contributed by atoms with Gasteiger partial charge in [0, 0.05) is 23.2 Å². The van der Waals surface area contributed by atoms with Crippen LogP contribution in [0.4, 0.5) is 5.69 Å². The summed E-state index contributed by atoms with van der Waals surface area (Å²) in [4.78, 5) is 24.0. The molecule has 0 atom stereocenters. The van der Waals surface area contributed by atoms with Gasteiger partial charge in [-0.05, 0) is 42.5 Å². The van der Waals surface area contributed by atoms with Gasteiger partial charge in [-0.25, -0.2) is 0 Å². The molecule has 4 rings (SSSR count). The molecule has 0 spiro atoms. The standard InChI is InChI=1S/C19H15ClN4O3S/c1-24-18(11-2-5-13(20)6-3-11)22-23-19(24)28-10-15(25)12-4-7-16-14(8-12)21-17(26)9-27-16/h2-8H,9-10H2,1H3,(H,21,26). The Bertz CT molecular complexity index is 1070. The topological polar surface area (TPSA) is 86.1 Å². The van der Waals surface area contributed by atoms with Crippen molar-refractivity contribution in [1.82, 2.24) is 14.8 Å². The van der Waals surface area contributed by atoms with Crippen molar-refractivity contribution in [2.75, 3.05) is 17.7 Å². The highest BCUT2D eigenvalue weighted by Crippen LogP contribution is 2.29. The van der Waals surface area contributed by atoms with Crippen LogP contribution in [-0.4, -0.2) is 38.8 Å². The summed E-state index contributed by atoms with van der Waals surface area (Å²) in [6.07, 6.45) is 0. The molecule has 1 amide bonds. The predicted octanol–water partition coefficient (Wildman–Crippen LogP) is 3.44. The van der Waals surface area contributed by atoms with Gasteiger partial charge < -0.3 is 14.6 Å². The van der Waals surface area contributed by atoms with Crippen molar-refractivity contribution >= 4 is 40.7 Å². The first-order chi connectivity index (χ1) is 13.5. The van der Waals surface area contributed by atoms with Crippen LogP contribution in [0.3, 0.4) is 0 Å². The number of hydrogen-bond donors (Lipinski definition) is 1. The van der Waals surface area contributed by atoms with Crippen molar-refractivity contribution in [3.8, 4) is 17.1 Å². The Hall–Kier alpha value is -2.84. The molecule has 28 heavy (non-hydrogen) atoms. The number of aromatic nitrogens is 3. The van der Waals surface area contributed by atoms with Gasteiger partial charge in [0.25, 0.3) is 5.91 Å². The highest BCUT2D eigenvalue weighted by atomic mass is 35.5. The van der Waals surface area contributed by atoms with Crippen LogP contribution in [0.2, 0.25) is 5.02 Å². The fraction of sp³-hybridized carbons (Fsp3) is 0.158. The average Bonchev–Trinajstić information content (AvgIpc) is 3.06. The number of benzene rings is 2. The number of fused-ring (bicyclic) bond motifs is 1. The minimum Gasteiger partial charge on any atom is -0.482 e. The Kier molecular flexibility index (Phi) is 5.06. The van der Waals surface area contributed by atoms with Crippen molar-refractivity contribution < 1.29 is 14.3 Å². The van der Waals surface area contributed by atoms with E-state index >= 15 is 0 Å². The Labute approximate surface area is 170 Å². The molecule has 0 aliphatic carbocycles. The van der Waals surface area contributed by atoms with E-state index in [9.17, 15) is 9.59 Å². The highest BCUT2D eigenvalue weighted by Gasteiger charge is 2.19. The smallest absolute Gasteiger partial charge is 0.262 e. The summed E-state index contributed by atoms with van der Waals surface area (Å²) in [5, 5.41) is 12.4. The number of nitrogens with zero attached hydrogens (tertiary/aromatic N) is 3. The minimum absolute atomic E-state index is 0.0156. The van der Waals surface area contributed by atoms with Gasteiger partial charge in [0.2, 0.25) is 0 Å². The molecule has 0 bridgehead atoms. The second-order valence-corrected chi connectivity index (χ2v) is 7.51. The summed E-state index contributed by atoms with van der Waals surface area (Å²) in [6, 6.07) is 12.3. The predicted molar refractivity (Wildman–Crippen MR) is 107 cm³/mol. The lowest BCUT2D eigenvalue weighted by atomic mass is 10.1. The van der Waals surface area contributed by atoms with Gasteiger partial charge in [0.1, 0.15) is 5.75 Å². The third-order valence-electron chi connectivity index (χ3n) is 4.20. The molecule has 0 saturated carbocycles. The molecule has 0 radical (unpaired) electrons. The van der Waals surface area contributed by atoms with Gasteiger partial charge in [-0.3, -0.25) is 9.59 Å². The molecule has 2 aromatic carbocycles. The number of Topliss-reactive ketones (excluding diaryl/α,β-unsaturated/α-hetero) is 1. The van der Waals surface area contributed by atoms with Gasteiger partial charge in [-0.15, -0.1) is 10.2 Å². The fourth-order valence-corrected chi connectivity index (χ4v) is 3.69. The monoisotopic (exact) mass is 414 g/mol. The van der Waals surface area contributed by atoms with Crippen molar-refractivity contribution in [3.05, 3.63) is 53.1 Å². The van der Waals surface area contributed by atoms with Crippen LogP contribution in [0, 0.1) is 0 Å². The quantitative estimate of drug-likeness (QED) is 0.508. The van der Waals surface area contributed by atoms with E-state index in [-0.39, 0.29) is 24.1 Å². The van der Waals surface area contributed by atoms with Crippen LogP contribution < -0.4 is 10.1 Å². The first-order valence-corrected chi connectivity index (χ1v) is 9.75. The lowest BCUT2D eigenvalue weighted by molar-refractivity contribution is -0.118. The number of ether oxygens (including phenoxy) is 1. The molecule has 1 aliphatic heterocycles. The first-order valence-electron chi connectivity index (χ1n) is 8.39. The van der Waals surface area contributed by atoms with E-state index in [4.69, 9.17) is 16.3 Å². The second-order valence-electron chi connectivity index (χ2n) is 6.13. The Morgan fingerprint density at radius 1 is 1.25 bits per heavy atom. The number of carbonyl (C=O) groups excluding carboxylic acids is 2. The molecule has 0 saturated heterocycles. The number of anilines is 1. The Morgan fingerprint density at radius 2 is 2.04 bits per heavy atom. The molecule has 7 nitrogen and oxygen atoms in total. The molecule has 1 aliphatic rings. The summed E-state index contributed by atoms with van der Waals surface area (Å²) in [6.45, 7) is -0.0156. The van der Waals surface area contributed by atoms with E-state index in [1.54, 1.807) is 30.3 Å². The third kappa shape index (κ3) is 3.74. The maximum atomic E-state index is 12.6. The minimum atomic E-state index is -0.236. The van der Waals surface area contributed by atoms with Crippen LogP contribution in [0.15, 0.2) is 47.6 Å². The Balaban J connectivity index is 1.46. The summed E-state index contributed by atoms with van der Waals surface area (Å²) < 4.78 is 7.14. The van der Waals surface area contributed by atoms with E-state index in [0.717, 1.165) is 5.56 Å². The van der Waals surface area contributed by atoms with Gasteiger partial charge in [0.05, 0.1) is 11.4 Å². The normalized spacial score (nSPS) is 12.9. The molecule has 142 valence electrons. The molecule has 0 unspecified atom stereocenters. The van der Waals surface area contributed by atoms with Gasteiger partial charge >= 0.3 is 0 Å². The summed E-state index contributed by atoms with van der Waals surface area (Å²) in [5.74, 6) is 1.13. The van der Waals surface area contributed by atoms with Gasteiger partial charge in [-0.2, -0.15) is 0 Å². The van der Waals surface area contributed by atoms with Gasteiger partial charge in [-0.1, -0.05) is 23.4 Å². The van der Waals surface area contributed by atoms with Crippen LogP contribution in [0.1, 0.15) is 10.4 Å². The van der Waals surface area contributed by atoms with E-state index in [1.807, 2.05) is 23.7 Å². The van der Waals surface area contributed by atoms with Crippen molar-refractivity contribution in [2.24, 2.45) is 7.05 Å². The molecular formula is C19H15ClN4O3S. The molecule has 3 aromatic rings. The number of halogens is 1. The largest absolute Gasteiger partial charge is 0.482 e. The zero-order valence-electron chi connectivity index (χ0n) is 14.8. The van der Waals surface area contributed by atoms with Crippen molar-refractivity contribution in [3.63, 3.8) is 0 Å². The van der Waals surface area contributed by atoms with Crippen LogP contribution in [-0.2, 0) is 11.8 Å². The molecule has 0 fully saturated rings. The number of thioether (sulfide) groups is 1. The van der Waals surface area contributed by atoms with Crippen LogP contribution in [0.25, 0.3) is 11.4 Å². The van der Waals surface area contributed by atoms with Gasteiger partial charge in [0.15, 0.2) is 23.4 Å². The average molecular weight is 415 g/mol. The highest BCUT2D eigenvalue weighted by molar-refractivity contribution is 7.99. The second kappa shape index (κ2) is 7.65. The van der Waals surface area contributed by atoms with Crippen molar-refractivity contribution in [2.45, 2.75) is 5.16 Å². The maximum absolute atomic E-state index is 12.6. The molecule has 2 heterocycles. The number of ketones is 1. The number of rotatable bonds is 5. The fourth-order valence-electron chi connectivity index (χ4n) is 2.76. The molecule has 1 aromatic heterocycles. The number of nitrogens with one attached hydrogen (secondary N) is 1. The third-order valence-corrected chi connectivity index (χ3v) is 5.48. The summed E-state index contributed by atoms with van der Waals surface area (Å²) >= 11 is 7.23. The lowest BCUT2D eigenvalue weighted by Crippen LogP contribution is -2.25. The molecular weight excluding hydrogens is 400 g/mol. The number of carbonyl (C=O) groups is 2. The molecule has 9 heteroatoms. The molecule has 1 N–H and O–H groups in total.